The van der Waals surface area contributed by atoms with Crippen LogP contribution in [0.4, 0.5) is 5.69 Å². The van der Waals surface area contributed by atoms with Gasteiger partial charge in [0.25, 0.3) is 0 Å². The molecule has 2 N–H and O–H groups in total. The van der Waals surface area contributed by atoms with E-state index in [9.17, 15) is 21.6 Å². The summed E-state index contributed by atoms with van der Waals surface area (Å²) in [6, 6.07) is 4.62. The van der Waals surface area contributed by atoms with Gasteiger partial charge in [-0.25, -0.2) is 21.6 Å². The number of aryl methyl sites for hydroxylation is 1. The SMILES string of the molecule is CNS(=O)(=O)c1cc(NC(=O)C[C@@H]2CCS(=O)(=O)C2)ccc1C. The molecule has 23 heavy (non-hydrogen) atoms. The van der Waals surface area contributed by atoms with Crippen molar-refractivity contribution in [2.75, 3.05) is 23.9 Å². The summed E-state index contributed by atoms with van der Waals surface area (Å²) in [5, 5.41) is 2.63. The minimum Gasteiger partial charge on any atom is -0.326 e. The molecule has 7 nitrogen and oxygen atoms in total. The van der Waals surface area contributed by atoms with Crippen LogP contribution in [0.2, 0.25) is 0 Å². The fraction of sp³-hybridized carbons (Fsp3) is 0.500. The van der Waals surface area contributed by atoms with E-state index in [1.807, 2.05) is 0 Å². The van der Waals surface area contributed by atoms with Crippen molar-refractivity contribution in [2.45, 2.75) is 24.7 Å². The van der Waals surface area contributed by atoms with Gasteiger partial charge in [0.2, 0.25) is 15.9 Å². The van der Waals surface area contributed by atoms with Crippen molar-refractivity contribution in [3.8, 4) is 0 Å². The molecular weight excluding hydrogens is 340 g/mol. The van der Waals surface area contributed by atoms with Gasteiger partial charge in [0.1, 0.15) is 0 Å². The highest BCUT2D eigenvalue weighted by molar-refractivity contribution is 7.91. The Morgan fingerprint density at radius 1 is 1.35 bits per heavy atom. The number of carbonyl (C=O) groups is 1. The normalized spacial score (nSPS) is 20.3. The Labute approximate surface area is 136 Å². The molecule has 1 fully saturated rings. The third kappa shape index (κ3) is 4.52. The number of nitrogens with one attached hydrogen (secondary N) is 2. The van der Waals surface area contributed by atoms with E-state index in [0.717, 1.165) is 0 Å². The van der Waals surface area contributed by atoms with E-state index >= 15 is 0 Å². The minimum absolute atomic E-state index is 0.0354. The van der Waals surface area contributed by atoms with Gasteiger partial charge in [0.15, 0.2) is 9.84 Å². The standard InChI is InChI=1S/C14H20N2O5S2/c1-10-3-4-12(8-13(10)23(20,21)15-2)16-14(17)7-11-5-6-22(18,19)9-11/h3-4,8,11,15H,5-7,9H2,1-2H3,(H,16,17)/t11-/m0/s1. The average Bonchev–Trinajstić information content (AvgIpc) is 2.79. The molecule has 0 unspecified atom stereocenters. The lowest BCUT2D eigenvalue weighted by atomic mass is 10.0. The molecule has 1 saturated heterocycles. The first-order valence-electron chi connectivity index (χ1n) is 7.17. The van der Waals surface area contributed by atoms with E-state index in [4.69, 9.17) is 0 Å². The van der Waals surface area contributed by atoms with E-state index in [1.165, 1.54) is 13.1 Å². The number of sulfone groups is 1. The number of benzene rings is 1. The van der Waals surface area contributed by atoms with Gasteiger partial charge in [0, 0.05) is 12.1 Å². The van der Waals surface area contributed by atoms with Crippen LogP contribution in [0.15, 0.2) is 23.1 Å². The van der Waals surface area contributed by atoms with E-state index in [-0.39, 0.29) is 34.6 Å². The van der Waals surface area contributed by atoms with Crippen molar-refractivity contribution in [3.63, 3.8) is 0 Å². The van der Waals surface area contributed by atoms with Gasteiger partial charge in [-0.05, 0) is 44.0 Å². The summed E-state index contributed by atoms with van der Waals surface area (Å²) >= 11 is 0. The molecule has 2 rings (SSSR count). The average molecular weight is 360 g/mol. The van der Waals surface area contributed by atoms with Gasteiger partial charge in [0.05, 0.1) is 16.4 Å². The molecule has 1 heterocycles. The molecule has 0 aliphatic carbocycles. The Morgan fingerprint density at radius 2 is 2.04 bits per heavy atom. The Balaban J connectivity index is 2.09. The van der Waals surface area contributed by atoms with E-state index < -0.39 is 19.9 Å². The van der Waals surface area contributed by atoms with Crippen LogP contribution in [0.25, 0.3) is 0 Å². The first-order chi connectivity index (χ1) is 10.6. The van der Waals surface area contributed by atoms with Crippen molar-refractivity contribution < 1.29 is 21.6 Å². The van der Waals surface area contributed by atoms with Crippen LogP contribution >= 0.6 is 0 Å². The summed E-state index contributed by atoms with van der Waals surface area (Å²) < 4.78 is 48.9. The molecular formula is C14H20N2O5S2. The maximum absolute atomic E-state index is 12.0. The van der Waals surface area contributed by atoms with Gasteiger partial charge in [-0.1, -0.05) is 6.07 Å². The lowest BCUT2D eigenvalue weighted by molar-refractivity contribution is -0.116. The zero-order chi connectivity index (χ0) is 17.3. The smallest absolute Gasteiger partial charge is 0.240 e. The van der Waals surface area contributed by atoms with Crippen LogP contribution < -0.4 is 10.0 Å². The Morgan fingerprint density at radius 3 is 2.61 bits per heavy atom. The summed E-state index contributed by atoms with van der Waals surface area (Å²) in [7, 11) is -5.30. The van der Waals surface area contributed by atoms with Crippen LogP contribution in [-0.4, -0.2) is 41.3 Å². The van der Waals surface area contributed by atoms with Gasteiger partial charge in [-0.15, -0.1) is 0 Å². The van der Waals surface area contributed by atoms with E-state index in [2.05, 4.69) is 10.0 Å². The molecule has 9 heteroatoms. The highest BCUT2D eigenvalue weighted by Crippen LogP contribution is 2.23. The summed E-state index contributed by atoms with van der Waals surface area (Å²) in [6.45, 7) is 1.67. The zero-order valence-electron chi connectivity index (χ0n) is 13.0. The number of amides is 1. The third-order valence-corrected chi connectivity index (χ3v) is 7.22. The van der Waals surface area contributed by atoms with Crippen LogP contribution in [0, 0.1) is 12.8 Å². The zero-order valence-corrected chi connectivity index (χ0v) is 14.6. The molecule has 0 radical (unpaired) electrons. The Kier molecular flexibility index (Phi) is 5.12. The second-order valence-corrected chi connectivity index (χ2v) is 9.79. The number of rotatable bonds is 5. The number of sulfonamides is 1. The van der Waals surface area contributed by atoms with Crippen LogP contribution in [-0.2, 0) is 24.7 Å². The fourth-order valence-corrected chi connectivity index (χ4v) is 5.44. The minimum atomic E-state index is -3.61. The summed E-state index contributed by atoms with van der Waals surface area (Å²) in [4.78, 5) is 12.1. The number of carbonyl (C=O) groups excluding carboxylic acids is 1. The first kappa shape index (κ1) is 17.9. The molecule has 0 aromatic heterocycles. The molecule has 1 amide bonds. The van der Waals surface area contributed by atoms with Crippen LogP contribution in [0.5, 0.6) is 0 Å². The molecule has 128 valence electrons. The van der Waals surface area contributed by atoms with Gasteiger partial charge < -0.3 is 5.32 Å². The first-order valence-corrected chi connectivity index (χ1v) is 10.5. The maximum atomic E-state index is 12.0. The largest absolute Gasteiger partial charge is 0.326 e. The maximum Gasteiger partial charge on any atom is 0.240 e. The van der Waals surface area contributed by atoms with E-state index in [1.54, 1.807) is 19.1 Å². The number of anilines is 1. The molecule has 1 atom stereocenters. The van der Waals surface area contributed by atoms with Crippen LogP contribution in [0.1, 0.15) is 18.4 Å². The van der Waals surface area contributed by atoms with Gasteiger partial charge in [-0.3, -0.25) is 4.79 Å². The van der Waals surface area contributed by atoms with Crippen molar-refractivity contribution >= 4 is 31.5 Å². The second kappa shape index (κ2) is 6.58. The van der Waals surface area contributed by atoms with Gasteiger partial charge >= 0.3 is 0 Å². The fourth-order valence-electron chi connectivity index (χ4n) is 2.58. The monoisotopic (exact) mass is 360 g/mol. The molecule has 1 aliphatic heterocycles. The topological polar surface area (TPSA) is 109 Å². The summed E-state index contributed by atoms with van der Waals surface area (Å²) in [6.07, 6.45) is 0.601. The summed E-state index contributed by atoms with van der Waals surface area (Å²) in [5.41, 5.74) is 0.939. The Hall–Kier alpha value is -1.45. The third-order valence-electron chi connectivity index (χ3n) is 3.83. The molecule has 0 saturated carbocycles. The second-order valence-electron chi connectivity index (χ2n) is 5.71. The van der Waals surface area contributed by atoms with E-state index in [0.29, 0.717) is 17.7 Å². The van der Waals surface area contributed by atoms with Crippen LogP contribution in [0.3, 0.4) is 0 Å². The lowest BCUT2D eigenvalue weighted by Gasteiger charge is -2.12. The van der Waals surface area contributed by atoms with Crippen molar-refractivity contribution in [3.05, 3.63) is 23.8 Å². The quantitative estimate of drug-likeness (QED) is 0.802. The summed E-state index contributed by atoms with van der Waals surface area (Å²) in [5.74, 6) is -0.331. The highest BCUT2D eigenvalue weighted by Gasteiger charge is 2.29. The van der Waals surface area contributed by atoms with Crippen molar-refractivity contribution in [1.29, 1.82) is 0 Å². The van der Waals surface area contributed by atoms with Gasteiger partial charge in [-0.2, -0.15) is 0 Å². The molecule has 0 spiro atoms. The Bertz CT molecular complexity index is 816. The highest BCUT2D eigenvalue weighted by atomic mass is 32.2. The lowest BCUT2D eigenvalue weighted by Crippen LogP contribution is -2.21. The number of hydrogen-bond acceptors (Lipinski definition) is 5. The predicted octanol–water partition coefficient (Wildman–Crippen LogP) is 0.666. The predicted molar refractivity (Wildman–Crippen MR) is 87.4 cm³/mol. The molecule has 0 bridgehead atoms. The van der Waals surface area contributed by atoms with Crippen molar-refractivity contribution in [1.82, 2.24) is 4.72 Å². The molecule has 1 aromatic carbocycles. The molecule has 1 aromatic rings. The van der Waals surface area contributed by atoms with Crippen molar-refractivity contribution in [2.24, 2.45) is 5.92 Å². The molecule has 1 aliphatic rings. The number of hydrogen-bond donors (Lipinski definition) is 2.